The summed E-state index contributed by atoms with van der Waals surface area (Å²) in [6, 6.07) is 21.4. The van der Waals surface area contributed by atoms with Crippen LogP contribution in [0.3, 0.4) is 0 Å². The fourth-order valence-electron chi connectivity index (χ4n) is 4.69. The Morgan fingerprint density at radius 3 is 2.54 bits per heavy atom. The van der Waals surface area contributed by atoms with E-state index in [4.69, 9.17) is 9.97 Å². The molecule has 0 saturated carbocycles. The summed E-state index contributed by atoms with van der Waals surface area (Å²) < 4.78 is 2.19. The lowest BCUT2D eigenvalue weighted by Crippen LogP contribution is -1.94. The van der Waals surface area contributed by atoms with Crippen molar-refractivity contribution < 1.29 is 0 Å². The van der Waals surface area contributed by atoms with Crippen molar-refractivity contribution in [2.45, 2.75) is 6.42 Å². The Morgan fingerprint density at radius 1 is 0.714 bits per heavy atom. The Labute approximate surface area is 160 Å². The van der Waals surface area contributed by atoms with E-state index in [1.54, 1.807) is 6.20 Å². The summed E-state index contributed by atoms with van der Waals surface area (Å²) in [5, 5.41) is 2.28. The van der Waals surface area contributed by atoms with Gasteiger partial charge in [-0.05, 0) is 65.1 Å². The van der Waals surface area contributed by atoms with Crippen LogP contribution in [0, 0.1) is 0 Å². The van der Waals surface area contributed by atoms with Gasteiger partial charge in [0.1, 0.15) is 5.65 Å². The Hall–Kier alpha value is -3.79. The van der Waals surface area contributed by atoms with Gasteiger partial charge in [-0.15, -0.1) is 0 Å². The smallest absolute Gasteiger partial charge is 0.178 e. The van der Waals surface area contributed by atoms with E-state index >= 15 is 0 Å². The summed E-state index contributed by atoms with van der Waals surface area (Å²) in [5.41, 5.74) is 10.2. The highest BCUT2D eigenvalue weighted by atomic mass is 15.1. The zero-order valence-electron chi connectivity index (χ0n) is 14.9. The van der Waals surface area contributed by atoms with E-state index in [9.17, 15) is 0 Å². The zero-order chi connectivity index (χ0) is 18.2. The number of benzene rings is 2. The van der Waals surface area contributed by atoms with E-state index < -0.39 is 0 Å². The molecule has 4 heterocycles. The first kappa shape index (κ1) is 14.3. The number of imidazole rings is 1. The lowest BCUT2D eigenvalue weighted by atomic mass is 10.00. The molecule has 1 aliphatic carbocycles. The van der Waals surface area contributed by atoms with Crippen LogP contribution in [0.1, 0.15) is 11.1 Å². The van der Waals surface area contributed by atoms with Gasteiger partial charge in [-0.2, -0.15) is 0 Å². The average Bonchev–Trinajstić information content (AvgIpc) is 3.31. The number of pyridine rings is 3. The summed E-state index contributed by atoms with van der Waals surface area (Å²) in [6.45, 7) is 0. The summed E-state index contributed by atoms with van der Waals surface area (Å²) >= 11 is 0. The third-order valence-electron chi connectivity index (χ3n) is 5.89. The number of hydrogen-bond acceptors (Lipinski definition) is 3. The van der Waals surface area contributed by atoms with Crippen molar-refractivity contribution in [2.75, 3.05) is 0 Å². The summed E-state index contributed by atoms with van der Waals surface area (Å²) in [4.78, 5) is 14.1. The Bertz CT molecular complexity index is 1590. The van der Waals surface area contributed by atoms with Gasteiger partial charge in [0.05, 0.1) is 16.6 Å². The molecule has 0 amide bonds. The van der Waals surface area contributed by atoms with Gasteiger partial charge in [-0.25, -0.2) is 9.97 Å². The zero-order valence-corrected chi connectivity index (χ0v) is 14.9. The molecule has 1 aliphatic rings. The second kappa shape index (κ2) is 4.93. The molecule has 130 valence electrons. The second-order valence-electron chi connectivity index (χ2n) is 7.38. The minimum Gasteiger partial charge on any atom is -0.288 e. The molecule has 0 atom stereocenters. The lowest BCUT2D eigenvalue weighted by Gasteiger charge is -2.10. The molecule has 6 aromatic rings. The van der Waals surface area contributed by atoms with Crippen LogP contribution in [0.2, 0.25) is 0 Å². The molecule has 0 unspecified atom stereocenters. The molecular formula is C24H14N4. The summed E-state index contributed by atoms with van der Waals surface area (Å²) in [5.74, 6) is 0. The van der Waals surface area contributed by atoms with Crippen molar-refractivity contribution in [1.82, 2.24) is 19.4 Å². The Balaban J connectivity index is 1.75. The number of nitrogens with zero attached hydrogens (tertiary/aromatic N) is 4. The van der Waals surface area contributed by atoms with Crippen LogP contribution in [0.25, 0.3) is 49.7 Å². The maximum Gasteiger partial charge on any atom is 0.178 e. The van der Waals surface area contributed by atoms with Crippen LogP contribution in [0.5, 0.6) is 0 Å². The normalized spacial score (nSPS) is 12.9. The third kappa shape index (κ3) is 1.68. The van der Waals surface area contributed by atoms with Crippen molar-refractivity contribution in [3.63, 3.8) is 0 Å². The molecule has 0 fully saturated rings. The van der Waals surface area contributed by atoms with E-state index in [2.05, 4.69) is 57.9 Å². The number of rotatable bonds is 0. The highest BCUT2D eigenvalue weighted by molar-refractivity contribution is 6.13. The summed E-state index contributed by atoms with van der Waals surface area (Å²) in [7, 11) is 0. The Morgan fingerprint density at radius 2 is 1.57 bits per heavy atom. The molecule has 4 nitrogen and oxygen atoms in total. The Kier molecular flexibility index (Phi) is 2.51. The van der Waals surface area contributed by atoms with Crippen molar-refractivity contribution in [1.29, 1.82) is 0 Å². The predicted molar refractivity (Wildman–Crippen MR) is 112 cm³/mol. The van der Waals surface area contributed by atoms with Crippen molar-refractivity contribution in [3.8, 4) is 11.1 Å². The molecule has 0 N–H and O–H groups in total. The number of fused-ring (bicyclic) bond motifs is 11. The van der Waals surface area contributed by atoms with Crippen molar-refractivity contribution >= 4 is 38.6 Å². The molecule has 0 bridgehead atoms. The summed E-state index contributed by atoms with van der Waals surface area (Å²) in [6.07, 6.45) is 4.64. The standard InChI is InChI=1S/C24H14N4/c1-2-6-16-14(5-1)11-15-12-18-19(13-17(15)16)24-27-23-21(8-4-10-26-23)28(24)20-7-3-9-25-22(18)20/h1-10,12-13H,11H2. The van der Waals surface area contributed by atoms with Gasteiger partial charge < -0.3 is 0 Å². The molecule has 4 aromatic heterocycles. The highest BCUT2D eigenvalue weighted by Crippen LogP contribution is 2.41. The topological polar surface area (TPSA) is 43.1 Å². The van der Waals surface area contributed by atoms with Gasteiger partial charge in [-0.3, -0.25) is 9.38 Å². The van der Waals surface area contributed by atoms with Crippen LogP contribution < -0.4 is 0 Å². The maximum absolute atomic E-state index is 4.90. The molecule has 2 aromatic carbocycles. The monoisotopic (exact) mass is 358 g/mol. The molecule has 0 radical (unpaired) electrons. The molecule has 28 heavy (non-hydrogen) atoms. The fourth-order valence-corrected chi connectivity index (χ4v) is 4.69. The van der Waals surface area contributed by atoms with Gasteiger partial charge in [0.15, 0.2) is 5.65 Å². The first-order valence-electron chi connectivity index (χ1n) is 9.43. The molecule has 7 rings (SSSR count). The van der Waals surface area contributed by atoms with Gasteiger partial charge >= 0.3 is 0 Å². The van der Waals surface area contributed by atoms with Crippen molar-refractivity contribution in [2.24, 2.45) is 0 Å². The predicted octanol–water partition coefficient (Wildman–Crippen LogP) is 5.16. The second-order valence-corrected chi connectivity index (χ2v) is 7.38. The van der Waals surface area contributed by atoms with E-state index in [1.165, 1.54) is 22.3 Å². The molecule has 4 heteroatoms. The maximum atomic E-state index is 4.90. The minimum atomic E-state index is 0.765. The van der Waals surface area contributed by atoms with Crippen LogP contribution in [0.15, 0.2) is 73.1 Å². The SMILES string of the molecule is c1ccc2c(c1)Cc1cc3c(cc1-2)c1nc2ncccc2n1c1cccnc31. The first-order valence-corrected chi connectivity index (χ1v) is 9.43. The van der Waals surface area contributed by atoms with E-state index in [-0.39, 0.29) is 0 Å². The fraction of sp³-hybridized carbons (Fsp3) is 0.0417. The minimum absolute atomic E-state index is 0.765. The van der Waals surface area contributed by atoms with Gasteiger partial charge in [-0.1, -0.05) is 24.3 Å². The number of aromatic nitrogens is 4. The highest BCUT2D eigenvalue weighted by Gasteiger charge is 2.22. The van der Waals surface area contributed by atoms with E-state index in [1.807, 2.05) is 18.3 Å². The van der Waals surface area contributed by atoms with Crippen LogP contribution in [0.4, 0.5) is 0 Å². The molecule has 0 spiro atoms. The first-order chi connectivity index (χ1) is 13.9. The van der Waals surface area contributed by atoms with Crippen LogP contribution >= 0.6 is 0 Å². The van der Waals surface area contributed by atoms with Gasteiger partial charge in [0.25, 0.3) is 0 Å². The van der Waals surface area contributed by atoms with Gasteiger partial charge in [0.2, 0.25) is 0 Å². The lowest BCUT2D eigenvalue weighted by molar-refractivity contribution is 1.26. The van der Waals surface area contributed by atoms with Crippen LogP contribution in [-0.4, -0.2) is 19.4 Å². The quantitative estimate of drug-likeness (QED) is 0.352. The molecule has 0 saturated heterocycles. The van der Waals surface area contributed by atoms with Crippen molar-refractivity contribution in [3.05, 3.63) is 84.2 Å². The molecular weight excluding hydrogens is 344 g/mol. The van der Waals surface area contributed by atoms with E-state index in [0.717, 1.165) is 45.0 Å². The largest absolute Gasteiger partial charge is 0.288 e. The van der Waals surface area contributed by atoms with Crippen LogP contribution in [-0.2, 0) is 6.42 Å². The third-order valence-corrected chi connectivity index (χ3v) is 5.89. The average molecular weight is 358 g/mol. The number of hydrogen-bond donors (Lipinski definition) is 0. The van der Waals surface area contributed by atoms with Gasteiger partial charge in [0, 0.05) is 23.2 Å². The molecule has 0 aliphatic heterocycles. The van der Waals surface area contributed by atoms with E-state index in [0.29, 0.717) is 0 Å².